The molecule has 4 nitrogen and oxygen atoms in total. The number of carbonyl (C=O) groups is 1. The molecule has 0 saturated carbocycles. The fraction of sp³-hybridized carbons (Fsp3) is 0. The Morgan fingerprint density at radius 2 is 2.11 bits per heavy atom. The summed E-state index contributed by atoms with van der Waals surface area (Å²) < 4.78 is 2.59. The average molecular weight is 302 g/mol. The monoisotopic (exact) mass is 301 g/mol. The Bertz CT molecular complexity index is 736. The number of rotatable bonds is 2. The van der Waals surface area contributed by atoms with E-state index in [9.17, 15) is 4.79 Å². The van der Waals surface area contributed by atoms with E-state index in [-0.39, 0.29) is 0 Å². The molecule has 0 fully saturated rings. The van der Waals surface area contributed by atoms with Crippen molar-refractivity contribution in [3.63, 3.8) is 0 Å². The summed E-state index contributed by atoms with van der Waals surface area (Å²) >= 11 is 3.42. The summed E-state index contributed by atoms with van der Waals surface area (Å²) in [6.45, 7) is 0. The highest BCUT2D eigenvalue weighted by Crippen LogP contribution is 2.20. The number of fused-ring (bicyclic) bond motifs is 1. The molecule has 5 heteroatoms. The Hall–Kier alpha value is -2.01. The molecule has 2 aromatic heterocycles. The SMILES string of the molecule is O=Cc1ccc2nc(-c3cccc(Br)c3)nn2c1. The van der Waals surface area contributed by atoms with Crippen LogP contribution in [0, 0.1) is 0 Å². The maximum Gasteiger partial charge on any atom is 0.182 e. The van der Waals surface area contributed by atoms with E-state index in [1.807, 2.05) is 24.3 Å². The van der Waals surface area contributed by atoms with Crippen molar-refractivity contribution in [2.75, 3.05) is 0 Å². The summed E-state index contributed by atoms with van der Waals surface area (Å²) in [7, 11) is 0. The number of nitrogens with zero attached hydrogens (tertiary/aromatic N) is 3. The first-order chi connectivity index (χ1) is 8.76. The predicted molar refractivity (Wildman–Crippen MR) is 71.5 cm³/mol. The van der Waals surface area contributed by atoms with Crippen LogP contribution >= 0.6 is 15.9 Å². The van der Waals surface area contributed by atoms with E-state index in [1.54, 1.807) is 22.8 Å². The molecule has 0 aliphatic heterocycles. The van der Waals surface area contributed by atoms with Crippen LogP contribution in [0.2, 0.25) is 0 Å². The lowest BCUT2D eigenvalue weighted by molar-refractivity contribution is 0.112. The maximum absolute atomic E-state index is 10.7. The van der Waals surface area contributed by atoms with Gasteiger partial charge in [0.1, 0.15) is 0 Å². The van der Waals surface area contributed by atoms with E-state index in [0.717, 1.165) is 22.0 Å². The molecular weight excluding hydrogens is 294 g/mol. The first-order valence-corrected chi connectivity index (χ1v) is 6.13. The number of hydrogen-bond acceptors (Lipinski definition) is 3. The van der Waals surface area contributed by atoms with Crippen LogP contribution in [0.5, 0.6) is 0 Å². The zero-order chi connectivity index (χ0) is 12.5. The third-order valence-electron chi connectivity index (χ3n) is 2.57. The standard InChI is InChI=1S/C13H8BrN3O/c14-11-3-1-2-10(6-11)13-15-12-5-4-9(8-18)7-17(12)16-13/h1-8H. The minimum Gasteiger partial charge on any atom is -0.298 e. The molecule has 0 atom stereocenters. The molecular formula is C13H8BrN3O. The first kappa shape index (κ1) is 11.1. The van der Waals surface area contributed by atoms with E-state index < -0.39 is 0 Å². The van der Waals surface area contributed by atoms with Gasteiger partial charge in [-0.2, -0.15) is 0 Å². The Morgan fingerprint density at radius 3 is 2.89 bits per heavy atom. The van der Waals surface area contributed by atoms with Crippen molar-refractivity contribution in [3.8, 4) is 11.4 Å². The highest BCUT2D eigenvalue weighted by atomic mass is 79.9. The van der Waals surface area contributed by atoms with Gasteiger partial charge in [0.2, 0.25) is 0 Å². The highest BCUT2D eigenvalue weighted by molar-refractivity contribution is 9.10. The van der Waals surface area contributed by atoms with Crippen molar-refractivity contribution in [2.45, 2.75) is 0 Å². The number of halogens is 1. The van der Waals surface area contributed by atoms with Crippen LogP contribution in [0.25, 0.3) is 17.0 Å². The van der Waals surface area contributed by atoms with Gasteiger partial charge in [-0.15, -0.1) is 5.10 Å². The number of hydrogen-bond donors (Lipinski definition) is 0. The van der Waals surface area contributed by atoms with E-state index in [1.165, 1.54) is 0 Å². The lowest BCUT2D eigenvalue weighted by atomic mass is 10.2. The number of aromatic nitrogens is 3. The quantitative estimate of drug-likeness (QED) is 0.684. The Morgan fingerprint density at radius 1 is 1.22 bits per heavy atom. The van der Waals surface area contributed by atoms with E-state index in [2.05, 4.69) is 26.0 Å². The fourth-order valence-electron chi connectivity index (χ4n) is 1.72. The summed E-state index contributed by atoms with van der Waals surface area (Å²) in [5, 5.41) is 4.36. The molecule has 0 spiro atoms. The fourth-order valence-corrected chi connectivity index (χ4v) is 2.12. The van der Waals surface area contributed by atoms with Gasteiger partial charge in [-0.1, -0.05) is 28.1 Å². The smallest absolute Gasteiger partial charge is 0.182 e. The Labute approximate surface area is 111 Å². The van der Waals surface area contributed by atoms with Crippen LogP contribution in [0.4, 0.5) is 0 Å². The van der Waals surface area contributed by atoms with Crippen molar-refractivity contribution >= 4 is 27.9 Å². The van der Waals surface area contributed by atoms with Crippen molar-refractivity contribution in [3.05, 3.63) is 52.6 Å². The van der Waals surface area contributed by atoms with Crippen molar-refractivity contribution in [1.82, 2.24) is 14.6 Å². The van der Waals surface area contributed by atoms with Crippen LogP contribution < -0.4 is 0 Å². The van der Waals surface area contributed by atoms with Gasteiger partial charge >= 0.3 is 0 Å². The molecule has 3 aromatic rings. The molecule has 3 rings (SSSR count). The Balaban J connectivity index is 2.16. The molecule has 0 amide bonds. The second-order valence-electron chi connectivity index (χ2n) is 3.83. The summed E-state index contributed by atoms with van der Waals surface area (Å²) in [6, 6.07) is 11.3. The largest absolute Gasteiger partial charge is 0.298 e. The molecule has 0 bridgehead atoms. The topological polar surface area (TPSA) is 47.3 Å². The van der Waals surface area contributed by atoms with Gasteiger partial charge in [-0.25, -0.2) is 9.50 Å². The normalized spacial score (nSPS) is 10.7. The number of benzene rings is 1. The average Bonchev–Trinajstić information content (AvgIpc) is 2.81. The van der Waals surface area contributed by atoms with Crippen LogP contribution in [0.1, 0.15) is 10.4 Å². The molecule has 2 heterocycles. The van der Waals surface area contributed by atoms with Crippen molar-refractivity contribution < 1.29 is 4.79 Å². The van der Waals surface area contributed by atoms with Gasteiger partial charge in [-0.05, 0) is 24.3 Å². The van der Waals surface area contributed by atoms with E-state index in [4.69, 9.17) is 0 Å². The van der Waals surface area contributed by atoms with Gasteiger partial charge in [0.05, 0.1) is 0 Å². The zero-order valence-electron chi connectivity index (χ0n) is 9.25. The summed E-state index contributed by atoms with van der Waals surface area (Å²) in [5.41, 5.74) is 2.23. The molecule has 1 aromatic carbocycles. The van der Waals surface area contributed by atoms with Gasteiger partial charge in [0.15, 0.2) is 17.8 Å². The third-order valence-corrected chi connectivity index (χ3v) is 3.07. The highest BCUT2D eigenvalue weighted by Gasteiger charge is 2.06. The molecule has 88 valence electrons. The van der Waals surface area contributed by atoms with E-state index >= 15 is 0 Å². The molecule has 0 saturated heterocycles. The molecule has 0 aliphatic carbocycles. The lowest BCUT2D eigenvalue weighted by Crippen LogP contribution is -1.90. The van der Waals surface area contributed by atoms with Gasteiger partial charge in [0, 0.05) is 21.8 Å². The predicted octanol–water partition coefficient (Wildman–Crippen LogP) is 2.97. The third kappa shape index (κ3) is 1.93. The minimum absolute atomic E-state index is 0.577. The van der Waals surface area contributed by atoms with Gasteiger partial charge in [-0.3, -0.25) is 4.79 Å². The molecule has 0 radical (unpaired) electrons. The van der Waals surface area contributed by atoms with Crippen LogP contribution in [-0.2, 0) is 0 Å². The van der Waals surface area contributed by atoms with Gasteiger partial charge in [0.25, 0.3) is 0 Å². The van der Waals surface area contributed by atoms with Crippen LogP contribution in [-0.4, -0.2) is 20.9 Å². The van der Waals surface area contributed by atoms with Crippen molar-refractivity contribution in [2.24, 2.45) is 0 Å². The second-order valence-corrected chi connectivity index (χ2v) is 4.74. The lowest BCUT2D eigenvalue weighted by Gasteiger charge is -1.94. The number of pyridine rings is 1. The Kier molecular flexibility index (Phi) is 2.68. The van der Waals surface area contributed by atoms with Crippen molar-refractivity contribution in [1.29, 1.82) is 0 Å². The summed E-state index contributed by atoms with van der Waals surface area (Å²) in [6.07, 6.45) is 2.46. The van der Waals surface area contributed by atoms with Gasteiger partial charge < -0.3 is 0 Å². The minimum atomic E-state index is 0.577. The molecule has 0 aliphatic rings. The maximum atomic E-state index is 10.7. The first-order valence-electron chi connectivity index (χ1n) is 5.34. The van der Waals surface area contributed by atoms with E-state index in [0.29, 0.717) is 11.4 Å². The molecule has 0 N–H and O–H groups in total. The molecule has 18 heavy (non-hydrogen) atoms. The summed E-state index contributed by atoms with van der Waals surface area (Å²) in [4.78, 5) is 15.1. The second kappa shape index (κ2) is 4.34. The number of carbonyl (C=O) groups excluding carboxylic acids is 1. The van der Waals surface area contributed by atoms with Crippen LogP contribution in [0.15, 0.2) is 47.1 Å². The number of aldehydes is 1. The molecule has 0 unspecified atom stereocenters. The zero-order valence-corrected chi connectivity index (χ0v) is 10.8. The van der Waals surface area contributed by atoms with Crippen LogP contribution in [0.3, 0.4) is 0 Å². The summed E-state index contributed by atoms with van der Waals surface area (Å²) in [5.74, 6) is 0.638.